The summed E-state index contributed by atoms with van der Waals surface area (Å²) in [5.74, 6) is 1.38. The first kappa shape index (κ1) is 21.2. The first-order chi connectivity index (χ1) is 14.7. The Bertz CT molecular complexity index is 785. The fourth-order valence-corrected chi connectivity index (χ4v) is 4.63. The molecule has 2 heterocycles. The molecule has 0 amide bonds. The quantitative estimate of drug-likeness (QED) is 0.606. The summed E-state index contributed by atoms with van der Waals surface area (Å²) in [6.07, 6.45) is 4.56. The van der Waals surface area contributed by atoms with E-state index < -0.39 is 6.10 Å². The molecule has 2 aliphatic rings. The van der Waals surface area contributed by atoms with Crippen LogP contribution in [0.4, 0.5) is 0 Å². The van der Waals surface area contributed by atoms with Crippen molar-refractivity contribution in [2.45, 2.75) is 50.5 Å². The molecule has 7 heteroatoms. The molecule has 2 aromatic rings. The van der Waals surface area contributed by atoms with Gasteiger partial charge in [-0.25, -0.2) is 9.97 Å². The Balaban J connectivity index is 1.42. The number of hydrogen-bond donors (Lipinski definition) is 3. The SMILES string of the molecule is OCC1C(O)CC(NC2CCOCC2)C1Cc1ccnc(COc2ccccc2)n1. The van der Waals surface area contributed by atoms with E-state index in [9.17, 15) is 10.2 Å². The van der Waals surface area contributed by atoms with Crippen LogP contribution in [0.5, 0.6) is 5.75 Å². The molecule has 7 nitrogen and oxygen atoms in total. The molecule has 1 aromatic heterocycles. The van der Waals surface area contributed by atoms with Crippen molar-refractivity contribution in [1.82, 2.24) is 15.3 Å². The molecule has 4 unspecified atom stereocenters. The predicted molar refractivity (Wildman–Crippen MR) is 112 cm³/mol. The normalized spacial score (nSPS) is 27.3. The van der Waals surface area contributed by atoms with Crippen LogP contribution >= 0.6 is 0 Å². The molecule has 4 rings (SSSR count). The Morgan fingerprint density at radius 3 is 2.67 bits per heavy atom. The minimum absolute atomic E-state index is 0.0210. The Morgan fingerprint density at radius 1 is 1.10 bits per heavy atom. The molecule has 162 valence electrons. The van der Waals surface area contributed by atoms with Crippen LogP contribution in [-0.4, -0.2) is 58.2 Å². The monoisotopic (exact) mass is 413 g/mol. The lowest BCUT2D eigenvalue weighted by molar-refractivity contribution is 0.0678. The number of nitrogens with zero attached hydrogens (tertiary/aromatic N) is 2. The van der Waals surface area contributed by atoms with Gasteiger partial charge >= 0.3 is 0 Å². The van der Waals surface area contributed by atoms with Crippen molar-refractivity contribution >= 4 is 0 Å². The Morgan fingerprint density at radius 2 is 1.90 bits per heavy atom. The van der Waals surface area contributed by atoms with E-state index in [0.717, 1.165) is 37.5 Å². The van der Waals surface area contributed by atoms with Gasteiger partial charge in [-0.05, 0) is 49.8 Å². The van der Waals surface area contributed by atoms with Crippen molar-refractivity contribution in [1.29, 1.82) is 0 Å². The number of para-hydroxylation sites is 1. The number of aliphatic hydroxyl groups excluding tert-OH is 2. The topological polar surface area (TPSA) is 96.7 Å². The van der Waals surface area contributed by atoms with Gasteiger partial charge in [0, 0.05) is 49.7 Å². The van der Waals surface area contributed by atoms with Gasteiger partial charge in [0.2, 0.25) is 0 Å². The highest BCUT2D eigenvalue weighted by Gasteiger charge is 2.42. The van der Waals surface area contributed by atoms with Crippen molar-refractivity contribution in [3.63, 3.8) is 0 Å². The van der Waals surface area contributed by atoms with Crippen LogP contribution in [0.2, 0.25) is 0 Å². The molecule has 30 heavy (non-hydrogen) atoms. The number of benzene rings is 1. The summed E-state index contributed by atoms with van der Waals surface area (Å²) in [5, 5.41) is 24.2. The van der Waals surface area contributed by atoms with E-state index in [1.165, 1.54) is 0 Å². The van der Waals surface area contributed by atoms with E-state index in [-0.39, 0.29) is 24.5 Å². The number of rotatable bonds is 8. The largest absolute Gasteiger partial charge is 0.486 e. The zero-order valence-corrected chi connectivity index (χ0v) is 17.2. The average Bonchev–Trinajstić information content (AvgIpc) is 3.07. The van der Waals surface area contributed by atoms with Crippen LogP contribution in [-0.2, 0) is 17.8 Å². The van der Waals surface area contributed by atoms with Crippen LogP contribution in [0.1, 0.15) is 30.8 Å². The highest BCUT2D eigenvalue weighted by molar-refractivity contribution is 5.21. The van der Waals surface area contributed by atoms with E-state index >= 15 is 0 Å². The maximum Gasteiger partial charge on any atom is 0.166 e. The Kier molecular flexibility index (Phi) is 7.28. The average molecular weight is 414 g/mol. The van der Waals surface area contributed by atoms with E-state index in [1.807, 2.05) is 36.4 Å². The molecule has 4 atom stereocenters. The Labute approximate surface area is 177 Å². The summed E-state index contributed by atoms with van der Waals surface area (Å²) in [6, 6.07) is 12.1. The number of aliphatic hydroxyl groups is 2. The number of nitrogens with one attached hydrogen (secondary N) is 1. The van der Waals surface area contributed by atoms with Crippen LogP contribution in [0.3, 0.4) is 0 Å². The van der Waals surface area contributed by atoms with Crippen molar-refractivity contribution in [2.24, 2.45) is 11.8 Å². The second-order valence-corrected chi connectivity index (χ2v) is 8.24. The van der Waals surface area contributed by atoms with Gasteiger partial charge in [0.15, 0.2) is 5.82 Å². The van der Waals surface area contributed by atoms with Gasteiger partial charge in [0.1, 0.15) is 12.4 Å². The molecule has 3 N–H and O–H groups in total. The zero-order valence-electron chi connectivity index (χ0n) is 17.2. The second-order valence-electron chi connectivity index (χ2n) is 8.24. The standard InChI is InChI=1S/C23H31N3O4/c27-14-20-19(21(13-22(20)28)25-16-7-10-29-11-8-16)12-17-6-9-24-23(26-17)15-30-18-4-2-1-3-5-18/h1-6,9,16,19-22,25,27-28H,7-8,10-15H2. The maximum absolute atomic E-state index is 10.5. The van der Waals surface area contributed by atoms with E-state index in [0.29, 0.717) is 31.3 Å². The molecule has 0 bridgehead atoms. The minimum atomic E-state index is -0.500. The van der Waals surface area contributed by atoms with E-state index in [1.54, 1.807) is 6.20 Å². The highest BCUT2D eigenvalue weighted by Crippen LogP contribution is 2.35. The molecule has 0 radical (unpaired) electrons. The lowest BCUT2D eigenvalue weighted by Gasteiger charge is -2.31. The van der Waals surface area contributed by atoms with Gasteiger partial charge in [-0.2, -0.15) is 0 Å². The van der Waals surface area contributed by atoms with Crippen molar-refractivity contribution in [3.05, 3.63) is 54.1 Å². The third-order valence-electron chi connectivity index (χ3n) is 6.26. The third kappa shape index (κ3) is 5.35. The first-order valence-electron chi connectivity index (χ1n) is 10.8. The lowest BCUT2D eigenvalue weighted by Crippen LogP contribution is -2.44. The van der Waals surface area contributed by atoms with E-state index in [4.69, 9.17) is 9.47 Å². The molecule has 1 saturated heterocycles. The zero-order chi connectivity index (χ0) is 20.8. The maximum atomic E-state index is 10.5. The van der Waals surface area contributed by atoms with Crippen molar-refractivity contribution in [3.8, 4) is 5.75 Å². The van der Waals surface area contributed by atoms with Crippen molar-refractivity contribution < 1.29 is 19.7 Å². The van der Waals surface area contributed by atoms with Crippen LogP contribution in [0.15, 0.2) is 42.6 Å². The van der Waals surface area contributed by atoms with Crippen LogP contribution < -0.4 is 10.1 Å². The van der Waals surface area contributed by atoms with Crippen LogP contribution in [0, 0.1) is 11.8 Å². The summed E-state index contributed by atoms with van der Waals surface area (Å²) < 4.78 is 11.2. The lowest BCUT2D eigenvalue weighted by atomic mass is 9.88. The number of ether oxygens (including phenoxy) is 2. The number of aromatic nitrogens is 2. The molecule has 1 aliphatic carbocycles. The fraction of sp³-hybridized carbons (Fsp3) is 0.565. The minimum Gasteiger partial charge on any atom is -0.486 e. The predicted octanol–water partition coefficient (Wildman–Crippen LogP) is 1.72. The molecule has 2 fully saturated rings. The van der Waals surface area contributed by atoms with Gasteiger partial charge < -0.3 is 25.0 Å². The van der Waals surface area contributed by atoms with Gasteiger partial charge in [-0.15, -0.1) is 0 Å². The summed E-state index contributed by atoms with van der Waals surface area (Å²) >= 11 is 0. The molecule has 0 spiro atoms. The summed E-state index contributed by atoms with van der Waals surface area (Å²) in [6.45, 7) is 1.83. The van der Waals surface area contributed by atoms with Crippen LogP contribution in [0.25, 0.3) is 0 Å². The second kappa shape index (κ2) is 10.3. The molecular formula is C23H31N3O4. The van der Waals surface area contributed by atoms with Gasteiger partial charge in [-0.3, -0.25) is 0 Å². The Hall–Kier alpha value is -2.06. The molecule has 1 saturated carbocycles. The summed E-state index contributed by atoms with van der Waals surface area (Å²) in [4.78, 5) is 9.01. The fourth-order valence-electron chi connectivity index (χ4n) is 4.63. The van der Waals surface area contributed by atoms with Gasteiger partial charge in [0.25, 0.3) is 0 Å². The smallest absolute Gasteiger partial charge is 0.166 e. The molecule has 1 aliphatic heterocycles. The van der Waals surface area contributed by atoms with Gasteiger partial charge in [0.05, 0.1) is 6.10 Å². The van der Waals surface area contributed by atoms with E-state index in [2.05, 4.69) is 15.3 Å². The van der Waals surface area contributed by atoms with Crippen molar-refractivity contribution in [2.75, 3.05) is 19.8 Å². The summed E-state index contributed by atoms with van der Waals surface area (Å²) in [7, 11) is 0. The molecular weight excluding hydrogens is 382 g/mol. The summed E-state index contributed by atoms with van der Waals surface area (Å²) in [5.41, 5.74) is 0.910. The third-order valence-corrected chi connectivity index (χ3v) is 6.26. The first-order valence-corrected chi connectivity index (χ1v) is 10.8. The highest BCUT2D eigenvalue weighted by atomic mass is 16.5. The van der Waals surface area contributed by atoms with Gasteiger partial charge in [-0.1, -0.05) is 18.2 Å². The molecule has 1 aromatic carbocycles. The number of hydrogen-bond acceptors (Lipinski definition) is 7.